The van der Waals surface area contributed by atoms with Crippen molar-refractivity contribution < 1.29 is 19.0 Å². The van der Waals surface area contributed by atoms with Crippen LogP contribution in [0.5, 0.6) is 5.75 Å². The molecule has 1 N–H and O–H groups in total. The molecule has 8 nitrogen and oxygen atoms in total. The van der Waals surface area contributed by atoms with Gasteiger partial charge in [0, 0.05) is 7.05 Å². The van der Waals surface area contributed by atoms with Gasteiger partial charge in [-0.15, -0.1) is 5.10 Å². The summed E-state index contributed by atoms with van der Waals surface area (Å²) in [5.74, 6) is -1.15. The second-order valence-electron chi connectivity index (χ2n) is 4.84. The first-order chi connectivity index (χ1) is 11.5. The van der Waals surface area contributed by atoms with Gasteiger partial charge in [-0.05, 0) is 24.3 Å². The number of halogens is 1. The van der Waals surface area contributed by atoms with Crippen molar-refractivity contribution in [1.29, 1.82) is 0 Å². The summed E-state index contributed by atoms with van der Waals surface area (Å²) in [6, 6.07) is 5.65. The van der Waals surface area contributed by atoms with E-state index < -0.39 is 11.8 Å². The Balaban J connectivity index is 1.79. The highest BCUT2D eigenvalue weighted by molar-refractivity contribution is 5.85. The van der Waals surface area contributed by atoms with Crippen molar-refractivity contribution in [2.45, 2.75) is 6.61 Å². The van der Waals surface area contributed by atoms with Crippen LogP contribution in [0.4, 0.5) is 4.39 Å². The van der Waals surface area contributed by atoms with Gasteiger partial charge in [0.15, 0.2) is 0 Å². The van der Waals surface area contributed by atoms with Crippen LogP contribution in [0, 0.1) is 5.82 Å². The molecule has 3 rings (SSSR count). The van der Waals surface area contributed by atoms with Gasteiger partial charge in [0.2, 0.25) is 0 Å². The maximum atomic E-state index is 13.0. The van der Waals surface area contributed by atoms with E-state index in [9.17, 15) is 9.18 Å². The van der Waals surface area contributed by atoms with Crippen molar-refractivity contribution in [3.63, 3.8) is 0 Å². The fraction of sp³-hybridized carbons (Fsp3) is 0.133. The first-order valence-corrected chi connectivity index (χ1v) is 6.87. The molecule has 0 spiro atoms. The summed E-state index contributed by atoms with van der Waals surface area (Å²) in [4.78, 5) is 18.5. The molecule has 0 bridgehead atoms. The van der Waals surface area contributed by atoms with Crippen molar-refractivity contribution >= 4 is 5.97 Å². The first kappa shape index (κ1) is 15.5. The van der Waals surface area contributed by atoms with Crippen molar-refractivity contribution in [3.8, 4) is 17.1 Å². The zero-order valence-corrected chi connectivity index (χ0v) is 12.5. The first-order valence-electron chi connectivity index (χ1n) is 6.87. The number of aromatic carboxylic acids is 1. The van der Waals surface area contributed by atoms with Crippen LogP contribution in [-0.4, -0.2) is 36.0 Å². The lowest BCUT2D eigenvalue weighted by molar-refractivity contribution is 0.0690. The van der Waals surface area contributed by atoms with Crippen molar-refractivity contribution in [3.05, 3.63) is 53.9 Å². The van der Waals surface area contributed by atoms with Crippen molar-refractivity contribution in [1.82, 2.24) is 25.0 Å². The molecule has 0 fully saturated rings. The molecular formula is C15H12FN5O3. The minimum absolute atomic E-state index is 0.0687. The third-order valence-electron chi connectivity index (χ3n) is 3.24. The van der Waals surface area contributed by atoms with Crippen LogP contribution < -0.4 is 4.74 Å². The Morgan fingerprint density at radius 3 is 2.71 bits per heavy atom. The Bertz CT molecular complexity index is 862. The summed E-state index contributed by atoms with van der Waals surface area (Å²) in [5, 5.41) is 16.8. The Morgan fingerprint density at radius 2 is 2.08 bits per heavy atom. The minimum atomic E-state index is -1.11. The van der Waals surface area contributed by atoms with E-state index in [2.05, 4.69) is 20.3 Å². The van der Waals surface area contributed by atoms with Gasteiger partial charge in [0.05, 0.1) is 18.1 Å². The molecule has 0 aromatic carbocycles. The third kappa shape index (κ3) is 3.19. The van der Waals surface area contributed by atoms with Crippen LogP contribution in [0.25, 0.3) is 11.4 Å². The lowest BCUT2D eigenvalue weighted by atomic mass is 10.2. The summed E-state index contributed by atoms with van der Waals surface area (Å²) in [7, 11) is 1.70. The maximum absolute atomic E-state index is 13.0. The smallest absolute Gasteiger partial charge is 0.354 e. The van der Waals surface area contributed by atoms with Gasteiger partial charge in [0.25, 0.3) is 0 Å². The molecule has 0 amide bonds. The summed E-state index contributed by atoms with van der Waals surface area (Å²) in [6.45, 7) is 0.117. The largest absolute Gasteiger partial charge is 0.486 e. The average Bonchev–Trinajstić information content (AvgIpc) is 2.95. The number of carboxylic acid groups (broad SMARTS) is 1. The molecule has 0 unspecified atom stereocenters. The zero-order chi connectivity index (χ0) is 17.1. The van der Waals surface area contributed by atoms with E-state index >= 15 is 0 Å². The highest BCUT2D eigenvalue weighted by atomic mass is 19.1. The number of aromatic nitrogens is 5. The number of ether oxygens (including phenoxy) is 1. The number of pyridine rings is 2. The minimum Gasteiger partial charge on any atom is -0.486 e. The molecule has 3 aromatic rings. The van der Waals surface area contributed by atoms with E-state index in [4.69, 9.17) is 9.84 Å². The van der Waals surface area contributed by atoms with Crippen molar-refractivity contribution in [2.24, 2.45) is 7.05 Å². The molecular weight excluding hydrogens is 317 g/mol. The van der Waals surface area contributed by atoms with Crippen LogP contribution in [0.3, 0.4) is 0 Å². The van der Waals surface area contributed by atoms with Crippen LogP contribution in [-0.2, 0) is 13.7 Å². The molecule has 24 heavy (non-hydrogen) atoms. The Morgan fingerprint density at radius 1 is 1.25 bits per heavy atom. The lowest BCUT2D eigenvalue weighted by Crippen LogP contribution is -2.06. The number of hydrogen-bond donors (Lipinski definition) is 1. The number of aryl methyl sites for hydroxylation is 1. The zero-order valence-electron chi connectivity index (χ0n) is 12.5. The van der Waals surface area contributed by atoms with Gasteiger partial charge < -0.3 is 9.84 Å². The van der Waals surface area contributed by atoms with Crippen molar-refractivity contribution in [2.75, 3.05) is 0 Å². The average molecular weight is 329 g/mol. The van der Waals surface area contributed by atoms with E-state index in [1.807, 2.05) is 0 Å². The maximum Gasteiger partial charge on any atom is 0.354 e. The van der Waals surface area contributed by atoms with Gasteiger partial charge in [-0.2, -0.15) is 0 Å². The van der Waals surface area contributed by atoms with Crippen LogP contribution in [0.2, 0.25) is 0 Å². The van der Waals surface area contributed by atoms with E-state index in [1.165, 1.54) is 35.1 Å². The van der Waals surface area contributed by atoms with Crippen LogP contribution in [0.1, 0.15) is 16.2 Å². The number of rotatable bonds is 5. The molecule has 122 valence electrons. The summed E-state index contributed by atoms with van der Waals surface area (Å²) >= 11 is 0. The number of carbonyl (C=O) groups is 1. The molecule has 0 radical (unpaired) electrons. The second kappa shape index (κ2) is 6.41. The van der Waals surface area contributed by atoms with E-state index in [1.54, 1.807) is 7.05 Å². The molecule has 3 heterocycles. The van der Waals surface area contributed by atoms with Gasteiger partial charge in [-0.25, -0.2) is 18.9 Å². The Labute approximate surface area is 135 Å². The highest BCUT2D eigenvalue weighted by Crippen LogP contribution is 2.20. The number of carboxylic acids is 1. The van der Waals surface area contributed by atoms with Gasteiger partial charge in [-0.1, -0.05) is 5.21 Å². The molecule has 0 aliphatic heterocycles. The molecule has 3 aromatic heterocycles. The highest BCUT2D eigenvalue weighted by Gasteiger charge is 2.15. The molecule has 0 aliphatic rings. The Kier molecular flexibility index (Phi) is 4.15. The lowest BCUT2D eigenvalue weighted by Gasteiger charge is -2.07. The number of hydrogen-bond acceptors (Lipinski definition) is 6. The third-order valence-corrected chi connectivity index (χ3v) is 3.24. The molecule has 9 heteroatoms. The fourth-order valence-corrected chi connectivity index (χ4v) is 2.00. The van der Waals surface area contributed by atoms with E-state index in [-0.39, 0.29) is 12.3 Å². The van der Waals surface area contributed by atoms with Gasteiger partial charge in [-0.3, -0.25) is 4.98 Å². The topological polar surface area (TPSA) is 103 Å². The SMILES string of the molecule is Cn1nnc(-c2ccc(F)cn2)c1COc1ccc(C(=O)O)nc1. The van der Waals surface area contributed by atoms with Crippen LogP contribution in [0.15, 0.2) is 36.7 Å². The second-order valence-corrected chi connectivity index (χ2v) is 4.84. The standard InChI is InChI=1S/C15H12FN5O3/c1-21-13(8-24-10-3-5-12(15(22)23)18-7-10)14(19-20-21)11-4-2-9(16)6-17-11/h2-7H,8H2,1H3,(H,22,23). The monoisotopic (exact) mass is 329 g/mol. The summed E-state index contributed by atoms with van der Waals surface area (Å²) in [6.07, 6.45) is 2.42. The summed E-state index contributed by atoms with van der Waals surface area (Å²) in [5.41, 5.74) is 1.52. The quantitative estimate of drug-likeness (QED) is 0.759. The molecule has 0 aliphatic carbocycles. The summed E-state index contributed by atoms with van der Waals surface area (Å²) < 4.78 is 20.1. The molecule has 0 atom stereocenters. The van der Waals surface area contributed by atoms with Crippen LogP contribution >= 0.6 is 0 Å². The molecule has 0 saturated heterocycles. The normalized spacial score (nSPS) is 10.6. The number of nitrogens with zero attached hydrogens (tertiary/aromatic N) is 5. The Hall–Kier alpha value is -3.36. The predicted molar refractivity (Wildman–Crippen MR) is 79.7 cm³/mol. The van der Waals surface area contributed by atoms with E-state index in [0.29, 0.717) is 22.8 Å². The predicted octanol–water partition coefficient (Wildman–Crippen LogP) is 1.69. The van der Waals surface area contributed by atoms with E-state index in [0.717, 1.165) is 6.20 Å². The van der Waals surface area contributed by atoms with Gasteiger partial charge >= 0.3 is 5.97 Å². The molecule has 0 saturated carbocycles. The fourth-order valence-electron chi connectivity index (χ4n) is 2.00. The van der Waals surface area contributed by atoms with Gasteiger partial charge in [0.1, 0.15) is 35.3 Å².